The van der Waals surface area contributed by atoms with Crippen LogP contribution in [0.4, 0.5) is 0 Å². The minimum atomic E-state index is -0.642. The van der Waals surface area contributed by atoms with Crippen LogP contribution in [0.25, 0.3) is 0 Å². The third-order valence-electron chi connectivity index (χ3n) is 5.15. The molecule has 1 aliphatic carbocycles. The first-order valence-electron chi connectivity index (χ1n) is 8.10. The molecule has 23 heavy (non-hydrogen) atoms. The molecule has 0 amide bonds. The summed E-state index contributed by atoms with van der Waals surface area (Å²) in [6.45, 7) is 12.1. The lowest BCUT2D eigenvalue weighted by atomic mass is 9.66. The molecule has 0 aliphatic heterocycles. The molecule has 0 fully saturated rings. The number of rotatable bonds is 3. The predicted molar refractivity (Wildman–Crippen MR) is 91.6 cm³/mol. The number of Topliss-reactive ketones (excluding diaryl/α,β-unsaturated/α-hetero) is 1. The predicted octanol–water partition coefficient (Wildman–Crippen LogP) is 4.39. The highest BCUT2D eigenvalue weighted by molar-refractivity contribution is 5.90. The molecular formula is C20H27NO2. The standard InChI is InChI=1S/C20H27NO2/c1-18(2,3)17(22)16(11-21)20(6)12-19(4,5)15-10-13(23-7)8-9-14(15)20/h8-10,16H,12H2,1-7H3. The fourth-order valence-electron chi connectivity index (χ4n) is 4.00. The first-order chi connectivity index (χ1) is 10.5. The number of nitrogens with zero attached hydrogens (tertiary/aromatic N) is 1. The second-order valence-corrected chi connectivity index (χ2v) is 8.57. The Labute approximate surface area is 139 Å². The Morgan fingerprint density at radius 1 is 1.26 bits per heavy atom. The van der Waals surface area contributed by atoms with Gasteiger partial charge in [0.15, 0.2) is 5.78 Å². The topological polar surface area (TPSA) is 50.1 Å². The molecule has 0 spiro atoms. The molecule has 2 atom stereocenters. The quantitative estimate of drug-likeness (QED) is 0.831. The van der Waals surface area contributed by atoms with Crippen molar-refractivity contribution in [3.8, 4) is 11.8 Å². The van der Waals surface area contributed by atoms with E-state index in [2.05, 4.69) is 32.9 Å². The lowest BCUT2D eigenvalue weighted by Crippen LogP contribution is -2.41. The summed E-state index contributed by atoms with van der Waals surface area (Å²) in [5, 5.41) is 9.79. The van der Waals surface area contributed by atoms with Gasteiger partial charge in [0, 0.05) is 10.8 Å². The van der Waals surface area contributed by atoms with Crippen LogP contribution in [0, 0.1) is 22.7 Å². The Hall–Kier alpha value is -1.82. The van der Waals surface area contributed by atoms with Gasteiger partial charge in [0.1, 0.15) is 11.7 Å². The summed E-state index contributed by atoms with van der Waals surface area (Å²) >= 11 is 0. The highest BCUT2D eigenvalue weighted by Gasteiger charge is 2.52. The molecule has 0 saturated heterocycles. The lowest BCUT2D eigenvalue weighted by Gasteiger charge is -2.34. The highest BCUT2D eigenvalue weighted by atomic mass is 16.5. The number of ether oxygens (including phenoxy) is 1. The molecule has 0 aromatic heterocycles. The minimum absolute atomic E-state index is 0.0157. The number of nitriles is 1. The van der Waals surface area contributed by atoms with Gasteiger partial charge < -0.3 is 4.74 Å². The molecule has 0 heterocycles. The fraction of sp³-hybridized carbons (Fsp3) is 0.600. The highest BCUT2D eigenvalue weighted by Crippen LogP contribution is 2.54. The number of fused-ring (bicyclic) bond motifs is 1. The van der Waals surface area contributed by atoms with Crippen molar-refractivity contribution in [2.75, 3.05) is 7.11 Å². The van der Waals surface area contributed by atoms with Gasteiger partial charge in [0.2, 0.25) is 0 Å². The van der Waals surface area contributed by atoms with Crippen molar-refractivity contribution >= 4 is 5.78 Å². The summed E-state index contributed by atoms with van der Waals surface area (Å²) in [4.78, 5) is 12.9. The molecule has 1 aromatic carbocycles. The molecule has 3 heteroatoms. The number of benzene rings is 1. The van der Waals surface area contributed by atoms with Gasteiger partial charge in [-0.1, -0.05) is 47.6 Å². The number of hydrogen-bond acceptors (Lipinski definition) is 3. The van der Waals surface area contributed by atoms with E-state index in [9.17, 15) is 10.1 Å². The summed E-state index contributed by atoms with van der Waals surface area (Å²) < 4.78 is 5.36. The van der Waals surface area contributed by atoms with Gasteiger partial charge in [-0.25, -0.2) is 0 Å². The van der Waals surface area contributed by atoms with Crippen molar-refractivity contribution in [1.29, 1.82) is 5.26 Å². The van der Waals surface area contributed by atoms with E-state index in [1.54, 1.807) is 7.11 Å². The maximum atomic E-state index is 12.9. The van der Waals surface area contributed by atoms with Crippen LogP contribution in [-0.4, -0.2) is 12.9 Å². The van der Waals surface area contributed by atoms with Gasteiger partial charge in [0.05, 0.1) is 13.2 Å². The number of hydrogen-bond donors (Lipinski definition) is 0. The summed E-state index contributed by atoms with van der Waals surface area (Å²) in [5.41, 5.74) is 1.20. The molecule has 1 aliphatic rings. The largest absolute Gasteiger partial charge is 0.497 e. The van der Waals surface area contributed by atoms with Gasteiger partial charge in [-0.05, 0) is 35.1 Å². The van der Waals surface area contributed by atoms with Gasteiger partial charge in [-0.3, -0.25) is 4.79 Å². The van der Waals surface area contributed by atoms with Crippen molar-refractivity contribution < 1.29 is 9.53 Å². The van der Waals surface area contributed by atoms with Crippen LogP contribution in [0.15, 0.2) is 18.2 Å². The summed E-state index contributed by atoms with van der Waals surface area (Å²) in [6, 6.07) is 8.33. The van der Waals surface area contributed by atoms with Crippen molar-refractivity contribution in [3.05, 3.63) is 29.3 Å². The lowest BCUT2D eigenvalue weighted by molar-refractivity contribution is -0.130. The zero-order valence-electron chi connectivity index (χ0n) is 15.3. The zero-order valence-corrected chi connectivity index (χ0v) is 15.3. The molecule has 124 valence electrons. The van der Waals surface area contributed by atoms with E-state index in [0.717, 1.165) is 17.7 Å². The van der Waals surface area contributed by atoms with Crippen molar-refractivity contribution in [3.63, 3.8) is 0 Å². The first kappa shape index (κ1) is 17.5. The van der Waals surface area contributed by atoms with Crippen LogP contribution in [0.5, 0.6) is 5.75 Å². The van der Waals surface area contributed by atoms with Crippen LogP contribution in [0.3, 0.4) is 0 Å². The van der Waals surface area contributed by atoms with Crippen molar-refractivity contribution in [1.82, 2.24) is 0 Å². The van der Waals surface area contributed by atoms with E-state index in [4.69, 9.17) is 4.74 Å². The van der Waals surface area contributed by atoms with Gasteiger partial charge in [0.25, 0.3) is 0 Å². The summed E-state index contributed by atoms with van der Waals surface area (Å²) in [5.74, 6) is 0.190. The number of carbonyl (C=O) groups excluding carboxylic acids is 1. The number of carbonyl (C=O) groups is 1. The number of ketones is 1. The van der Waals surface area contributed by atoms with Crippen LogP contribution < -0.4 is 4.74 Å². The minimum Gasteiger partial charge on any atom is -0.497 e. The van der Waals surface area contributed by atoms with Crippen LogP contribution in [0.1, 0.15) is 59.1 Å². The van der Waals surface area contributed by atoms with Crippen molar-refractivity contribution in [2.24, 2.45) is 11.3 Å². The molecule has 1 aromatic rings. The third-order valence-corrected chi connectivity index (χ3v) is 5.15. The summed E-state index contributed by atoms with van der Waals surface area (Å²) in [6.07, 6.45) is 0.780. The number of methoxy groups -OCH3 is 1. The third kappa shape index (κ3) is 2.76. The molecular weight excluding hydrogens is 286 g/mol. The normalized spacial score (nSPS) is 23.7. The monoisotopic (exact) mass is 313 g/mol. The maximum absolute atomic E-state index is 12.9. The van der Waals surface area contributed by atoms with E-state index in [1.165, 1.54) is 5.56 Å². The Morgan fingerprint density at radius 3 is 2.35 bits per heavy atom. The van der Waals surface area contributed by atoms with Crippen molar-refractivity contribution in [2.45, 2.75) is 58.8 Å². The molecule has 0 saturated carbocycles. The average Bonchev–Trinajstić information content (AvgIpc) is 2.65. The van der Waals surface area contributed by atoms with Gasteiger partial charge in [-0.15, -0.1) is 0 Å². The van der Waals surface area contributed by atoms with Crippen LogP contribution in [0.2, 0.25) is 0 Å². The zero-order chi connectivity index (χ0) is 17.6. The Balaban J connectivity index is 2.61. The first-order valence-corrected chi connectivity index (χ1v) is 8.10. The Kier molecular flexibility index (Phi) is 4.09. The van der Waals surface area contributed by atoms with Crippen LogP contribution in [-0.2, 0) is 15.6 Å². The summed E-state index contributed by atoms with van der Waals surface area (Å²) in [7, 11) is 1.66. The van der Waals surface area contributed by atoms with Gasteiger partial charge in [-0.2, -0.15) is 5.26 Å². The molecule has 0 N–H and O–H groups in total. The Bertz CT molecular complexity index is 676. The second kappa shape index (κ2) is 5.37. The van der Waals surface area contributed by atoms with Crippen LogP contribution >= 0.6 is 0 Å². The van der Waals surface area contributed by atoms with E-state index < -0.39 is 16.7 Å². The van der Waals surface area contributed by atoms with E-state index in [-0.39, 0.29) is 11.2 Å². The molecule has 0 bridgehead atoms. The average molecular weight is 313 g/mol. The van der Waals surface area contributed by atoms with E-state index >= 15 is 0 Å². The van der Waals surface area contributed by atoms with E-state index in [0.29, 0.717) is 0 Å². The maximum Gasteiger partial charge on any atom is 0.156 e. The fourth-order valence-corrected chi connectivity index (χ4v) is 4.00. The molecule has 0 radical (unpaired) electrons. The second-order valence-electron chi connectivity index (χ2n) is 8.57. The SMILES string of the molecule is COc1ccc2c(c1)C(C)(C)CC2(C)C(C#N)C(=O)C(C)(C)C. The van der Waals surface area contributed by atoms with Gasteiger partial charge >= 0.3 is 0 Å². The molecule has 3 nitrogen and oxygen atoms in total. The smallest absolute Gasteiger partial charge is 0.156 e. The Morgan fingerprint density at radius 2 is 1.87 bits per heavy atom. The molecule has 2 rings (SSSR count). The van der Waals surface area contributed by atoms with E-state index in [1.807, 2.05) is 32.9 Å². The molecule has 2 unspecified atom stereocenters.